The lowest BCUT2D eigenvalue weighted by Crippen LogP contribution is -2.45. The molecule has 0 radical (unpaired) electrons. The molecule has 4 aromatic carbocycles. The smallest absolute Gasteiger partial charge is 0.326 e. The van der Waals surface area contributed by atoms with E-state index in [4.69, 9.17) is 4.74 Å². The van der Waals surface area contributed by atoms with Crippen LogP contribution < -0.4 is 0 Å². The van der Waals surface area contributed by atoms with Crippen molar-refractivity contribution < 1.29 is 9.53 Å². The van der Waals surface area contributed by atoms with Crippen molar-refractivity contribution in [1.29, 1.82) is 0 Å². The molecule has 0 amide bonds. The first kappa shape index (κ1) is 20.0. The van der Waals surface area contributed by atoms with Crippen molar-refractivity contribution in [2.45, 2.75) is 30.1 Å². The number of esters is 1. The summed E-state index contributed by atoms with van der Waals surface area (Å²) in [6, 6.07) is 41.3. The lowest BCUT2D eigenvalue weighted by Gasteiger charge is -2.41. The zero-order chi connectivity index (χ0) is 22.5. The number of morpholine rings is 1. The van der Waals surface area contributed by atoms with Crippen LogP contribution in [0.25, 0.3) is 0 Å². The highest BCUT2D eigenvalue weighted by Crippen LogP contribution is 2.60. The van der Waals surface area contributed by atoms with E-state index in [2.05, 4.69) is 96.8 Å². The quantitative estimate of drug-likeness (QED) is 0.237. The van der Waals surface area contributed by atoms with E-state index in [0.717, 1.165) is 22.3 Å². The lowest BCUT2D eigenvalue weighted by atomic mass is 9.76. The SMILES string of the molecule is C[C@]1(c2ccccc2)OC(=O)C2C1N2C(c1ccccc1)(c1ccccc1)c1ccccc1. The van der Waals surface area contributed by atoms with Crippen LogP contribution in [0.5, 0.6) is 0 Å². The van der Waals surface area contributed by atoms with Crippen molar-refractivity contribution in [3.05, 3.63) is 144 Å². The number of benzene rings is 4. The number of carbonyl (C=O) groups is 1. The van der Waals surface area contributed by atoms with Crippen LogP contribution in [-0.4, -0.2) is 23.0 Å². The van der Waals surface area contributed by atoms with E-state index in [0.29, 0.717) is 0 Å². The third-order valence-electron chi connectivity index (χ3n) is 7.24. The molecular weight excluding hydrogens is 406 g/mol. The van der Waals surface area contributed by atoms with Crippen LogP contribution >= 0.6 is 0 Å². The van der Waals surface area contributed by atoms with Crippen LogP contribution in [0.3, 0.4) is 0 Å². The van der Waals surface area contributed by atoms with Gasteiger partial charge in [-0.3, -0.25) is 9.69 Å². The Morgan fingerprint density at radius 3 is 1.48 bits per heavy atom. The molecule has 0 aromatic heterocycles. The Morgan fingerprint density at radius 1 is 0.667 bits per heavy atom. The number of carbonyl (C=O) groups excluding carboxylic acids is 1. The maximum Gasteiger partial charge on any atom is 0.326 e. The van der Waals surface area contributed by atoms with E-state index in [1.165, 1.54) is 0 Å². The van der Waals surface area contributed by atoms with E-state index in [-0.39, 0.29) is 18.1 Å². The van der Waals surface area contributed by atoms with Crippen molar-refractivity contribution in [3.63, 3.8) is 0 Å². The largest absolute Gasteiger partial charge is 0.451 e. The molecule has 4 aromatic rings. The number of rotatable bonds is 5. The minimum Gasteiger partial charge on any atom is -0.451 e. The third kappa shape index (κ3) is 2.82. The fourth-order valence-corrected chi connectivity index (χ4v) is 5.77. The van der Waals surface area contributed by atoms with Gasteiger partial charge >= 0.3 is 5.97 Å². The molecule has 0 N–H and O–H groups in total. The van der Waals surface area contributed by atoms with Crippen molar-refractivity contribution >= 4 is 5.97 Å². The van der Waals surface area contributed by atoms with Gasteiger partial charge in [-0.2, -0.15) is 0 Å². The molecule has 33 heavy (non-hydrogen) atoms. The van der Waals surface area contributed by atoms with Crippen molar-refractivity contribution in [2.75, 3.05) is 0 Å². The van der Waals surface area contributed by atoms with Crippen molar-refractivity contribution in [1.82, 2.24) is 4.90 Å². The van der Waals surface area contributed by atoms with Gasteiger partial charge in [-0.05, 0) is 29.2 Å². The second kappa shape index (κ2) is 7.43. The zero-order valence-corrected chi connectivity index (χ0v) is 18.5. The molecular formula is C30H25NO2. The molecule has 0 spiro atoms. The average molecular weight is 432 g/mol. The number of hydrogen-bond donors (Lipinski definition) is 0. The minimum atomic E-state index is -0.716. The summed E-state index contributed by atoms with van der Waals surface area (Å²) in [6.07, 6.45) is 0. The highest BCUT2D eigenvalue weighted by molar-refractivity contribution is 5.86. The normalized spacial score (nSPS) is 25.8. The Bertz CT molecular complexity index is 1180. The van der Waals surface area contributed by atoms with Gasteiger partial charge in [-0.15, -0.1) is 0 Å². The molecule has 0 aliphatic carbocycles. The standard InChI is InChI=1S/C30H25NO2/c1-29(22-14-6-2-7-15-22)27-26(28(32)33-29)31(27)30(23-16-8-3-9-17-23,24-18-10-4-11-19-24)25-20-12-5-13-21-25/h2-21,26-27H,1H3/t26?,27?,29-,31?/m1/s1. The number of fused-ring (bicyclic) bond motifs is 1. The van der Waals surface area contributed by atoms with Gasteiger partial charge in [0.15, 0.2) is 5.60 Å². The van der Waals surface area contributed by atoms with Crippen LogP contribution in [0, 0.1) is 0 Å². The van der Waals surface area contributed by atoms with Crippen molar-refractivity contribution in [2.24, 2.45) is 0 Å². The fourth-order valence-electron chi connectivity index (χ4n) is 5.77. The molecule has 2 heterocycles. The summed E-state index contributed by atoms with van der Waals surface area (Å²) in [5, 5.41) is 0. The molecule has 2 fully saturated rings. The molecule has 2 aliphatic rings. The molecule has 6 rings (SSSR count). The van der Waals surface area contributed by atoms with E-state index < -0.39 is 11.1 Å². The van der Waals surface area contributed by atoms with Crippen LogP contribution in [-0.2, 0) is 20.7 Å². The van der Waals surface area contributed by atoms with Crippen LogP contribution in [0.2, 0.25) is 0 Å². The lowest BCUT2D eigenvalue weighted by molar-refractivity contribution is -0.156. The Kier molecular flexibility index (Phi) is 4.49. The monoisotopic (exact) mass is 431 g/mol. The number of cyclic esters (lactones) is 1. The molecule has 2 saturated heterocycles. The first-order chi connectivity index (χ1) is 16.2. The van der Waals surface area contributed by atoms with Gasteiger partial charge in [0.2, 0.25) is 0 Å². The van der Waals surface area contributed by atoms with E-state index in [1.807, 2.05) is 36.4 Å². The summed E-state index contributed by atoms with van der Waals surface area (Å²) >= 11 is 0. The Hall–Kier alpha value is -3.69. The number of ether oxygens (including phenoxy) is 1. The van der Waals surface area contributed by atoms with Gasteiger partial charge < -0.3 is 4.74 Å². The summed E-state index contributed by atoms with van der Waals surface area (Å²) in [6.45, 7) is 2.05. The maximum absolute atomic E-state index is 13.3. The molecule has 3 heteroatoms. The summed E-state index contributed by atoms with van der Waals surface area (Å²) in [7, 11) is 0. The summed E-state index contributed by atoms with van der Waals surface area (Å²) in [5.41, 5.74) is 3.11. The van der Waals surface area contributed by atoms with Crippen LogP contribution in [0.15, 0.2) is 121 Å². The molecule has 3 nitrogen and oxygen atoms in total. The Labute approximate surface area is 194 Å². The van der Waals surface area contributed by atoms with Gasteiger partial charge in [-0.1, -0.05) is 121 Å². The second-order valence-corrected chi connectivity index (χ2v) is 9.00. The second-order valence-electron chi connectivity index (χ2n) is 9.00. The molecule has 0 saturated carbocycles. The van der Waals surface area contributed by atoms with Gasteiger partial charge in [0.1, 0.15) is 6.04 Å². The van der Waals surface area contributed by atoms with Gasteiger partial charge in [0, 0.05) is 0 Å². The minimum absolute atomic E-state index is 0.0759. The number of nitrogens with zero attached hydrogens (tertiary/aromatic N) is 1. The zero-order valence-electron chi connectivity index (χ0n) is 18.5. The van der Waals surface area contributed by atoms with Gasteiger partial charge in [0.25, 0.3) is 0 Å². The predicted molar refractivity (Wildman–Crippen MR) is 129 cm³/mol. The average Bonchev–Trinajstić information content (AvgIpc) is 3.58. The molecule has 0 bridgehead atoms. The van der Waals surface area contributed by atoms with Crippen LogP contribution in [0.1, 0.15) is 29.2 Å². The maximum atomic E-state index is 13.3. The highest BCUT2D eigenvalue weighted by atomic mass is 16.6. The van der Waals surface area contributed by atoms with Crippen molar-refractivity contribution in [3.8, 4) is 0 Å². The first-order valence-electron chi connectivity index (χ1n) is 11.4. The van der Waals surface area contributed by atoms with E-state index in [1.54, 1.807) is 0 Å². The predicted octanol–water partition coefficient (Wildman–Crippen LogP) is 5.50. The molecule has 2 aliphatic heterocycles. The van der Waals surface area contributed by atoms with E-state index >= 15 is 0 Å². The topological polar surface area (TPSA) is 29.3 Å². The molecule has 4 atom stereocenters. The number of hydrogen-bond acceptors (Lipinski definition) is 3. The van der Waals surface area contributed by atoms with E-state index in [9.17, 15) is 4.79 Å². The Morgan fingerprint density at radius 2 is 1.06 bits per heavy atom. The summed E-state index contributed by atoms with van der Waals surface area (Å²) in [5.74, 6) is -0.154. The van der Waals surface area contributed by atoms with Gasteiger partial charge in [-0.25, -0.2) is 0 Å². The fraction of sp³-hybridized carbons (Fsp3) is 0.167. The third-order valence-corrected chi connectivity index (χ3v) is 7.24. The van der Waals surface area contributed by atoms with Gasteiger partial charge in [0.05, 0.1) is 11.6 Å². The molecule has 162 valence electrons. The first-order valence-corrected chi connectivity index (χ1v) is 11.4. The highest BCUT2D eigenvalue weighted by Gasteiger charge is 2.75. The molecule has 3 unspecified atom stereocenters. The summed E-state index contributed by atoms with van der Waals surface area (Å²) in [4.78, 5) is 15.7. The summed E-state index contributed by atoms with van der Waals surface area (Å²) < 4.78 is 6.05. The van der Waals surface area contributed by atoms with Crippen LogP contribution in [0.4, 0.5) is 0 Å². The Balaban J connectivity index is 1.61.